The van der Waals surface area contributed by atoms with Crippen LogP contribution in [0.5, 0.6) is 0 Å². The molecule has 0 saturated carbocycles. The molecule has 0 radical (unpaired) electrons. The molecule has 0 atom stereocenters. The number of aryl methyl sites for hydroxylation is 2. The lowest BCUT2D eigenvalue weighted by atomic mass is 10.1. The van der Waals surface area contributed by atoms with Crippen molar-refractivity contribution in [3.05, 3.63) is 29.8 Å². The second-order valence-electron chi connectivity index (χ2n) is 4.32. The summed E-state index contributed by atoms with van der Waals surface area (Å²) in [7, 11) is 1.54. The highest BCUT2D eigenvalue weighted by molar-refractivity contribution is 5.63. The van der Waals surface area contributed by atoms with Gasteiger partial charge in [-0.05, 0) is 19.1 Å². The fraction of sp³-hybridized carbons (Fsp3) is 0.333. The number of alkyl halides is 2. The molecule has 0 fully saturated rings. The van der Waals surface area contributed by atoms with Crippen molar-refractivity contribution < 1.29 is 8.78 Å². The number of halogens is 2. The van der Waals surface area contributed by atoms with Crippen molar-refractivity contribution in [1.82, 2.24) is 14.5 Å². The first-order valence-corrected chi connectivity index (χ1v) is 5.44. The summed E-state index contributed by atoms with van der Waals surface area (Å²) < 4.78 is 27.9. The Morgan fingerprint density at radius 1 is 1.28 bits per heavy atom. The average molecular weight is 252 g/mol. The van der Waals surface area contributed by atoms with Crippen LogP contribution in [0.25, 0.3) is 11.3 Å². The van der Waals surface area contributed by atoms with Crippen LogP contribution < -0.4 is 5.73 Å². The second-order valence-corrected chi connectivity index (χ2v) is 4.32. The van der Waals surface area contributed by atoms with Crippen molar-refractivity contribution in [2.24, 2.45) is 7.05 Å². The molecule has 0 aliphatic carbocycles. The Labute approximate surface area is 103 Å². The minimum atomic E-state index is -2.97. The molecule has 0 amide bonds. The molecule has 0 aliphatic rings. The third-order valence-corrected chi connectivity index (χ3v) is 2.65. The molecule has 0 aliphatic heterocycles. The van der Waals surface area contributed by atoms with Crippen LogP contribution in [-0.4, -0.2) is 14.5 Å². The van der Waals surface area contributed by atoms with E-state index in [2.05, 4.69) is 9.97 Å². The molecule has 96 valence electrons. The van der Waals surface area contributed by atoms with Crippen LogP contribution in [0.1, 0.15) is 18.4 Å². The Morgan fingerprint density at radius 2 is 1.94 bits per heavy atom. The van der Waals surface area contributed by atoms with Crippen LogP contribution >= 0.6 is 0 Å². The van der Waals surface area contributed by atoms with E-state index in [1.54, 1.807) is 32.3 Å². The second kappa shape index (κ2) is 4.04. The summed E-state index contributed by atoms with van der Waals surface area (Å²) in [5.41, 5.74) is 7.39. The standard InChI is InChI=1S/C12H14F2N4/c1-7-8(4-5-10(15)16-7)9-6-18(3)11(17-9)12(2,13)14/h4-6H,1-3H3,(H2,15,16). The van der Waals surface area contributed by atoms with Crippen LogP contribution in [0.2, 0.25) is 0 Å². The lowest BCUT2D eigenvalue weighted by molar-refractivity contribution is 0.00509. The summed E-state index contributed by atoms with van der Waals surface area (Å²) in [5.74, 6) is -2.84. The summed E-state index contributed by atoms with van der Waals surface area (Å²) in [6, 6.07) is 3.36. The monoisotopic (exact) mass is 252 g/mol. The van der Waals surface area contributed by atoms with E-state index in [0.717, 1.165) is 6.92 Å². The molecule has 0 saturated heterocycles. The molecule has 2 N–H and O–H groups in total. The molecule has 6 heteroatoms. The van der Waals surface area contributed by atoms with Crippen molar-refractivity contribution in [3.63, 3.8) is 0 Å². The van der Waals surface area contributed by atoms with Gasteiger partial charge in [0.2, 0.25) is 0 Å². The third-order valence-electron chi connectivity index (χ3n) is 2.65. The first-order chi connectivity index (χ1) is 8.29. The molecule has 2 rings (SSSR count). The highest BCUT2D eigenvalue weighted by Crippen LogP contribution is 2.29. The Balaban J connectivity index is 2.53. The van der Waals surface area contributed by atoms with Gasteiger partial charge in [-0.25, -0.2) is 9.97 Å². The molecule has 4 nitrogen and oxygen atoms in total. The molecule has 0 aromatic carbocycles. The maximum atomic E-state index is 13.3. The average Bonchev–Trinajstić information content (AvgIpc) is 2.59. The predicted octanol–water partition coefficient (Wildman–Crippen LogP) is 2.48. The van der Waals surface area contributed by atoms with E-state index in [4.69, 9.17) is 5.73 Å². The molecule has 0 bridgehead atoms. The molecular weight excluding hydrogens is 238 g/mol. The molecule has 2 aromatic rings. The van der Waals surface area contributed by atoms with Crippen molar-refractivity contribution in [2.45, 2.75) is 19.8 Å². The lowest BCUT2D eigenvalue weighted by Gasteiger charge is -2.08. The number of hydrogen-bond acceptors (Lipinski definition) is 3. The topological polar surface area (TPSA) is 56.7 Å². The van der Waals surface area contributed by atoms with Gasteiger partial charge in [-0.2, -0.15) is 8.78 Å². The van der Waals surface area contributed by atoms with Crippen LogP contribution in [0, 0.1) is 6.92 Å². The first-order valence-electron chi connectivity index (χ1n) is 5.44. The van der Waals surface area contributed by atoms with Gasteiger partial charge in [0.15, 0.2) is 5.82 Å². The minimum Gasteiger partial charge on any atom is -0.384 e. The van der Waals surface area contributed by atoms with Crippen molar-refractivity contribution in [1.29, 1.82) is 0 Å². The lowest BCUT2D eigenvalue weighted by Crippen LogP contribution is -2.13. The molecule has 0 spiro atoms. The number of imidazole rings is 1. The van der Waals surface area contributed by atoms with Gasteiger partial charge < -0.3 is 10.3 Å². The van der Waals surface area contributed by atoms with E-state index < -0.39 is 5.92 Å². The Kier molecular flexibility index (Phi) is 2.80. The summed E-state index contributed by atoms with van der Waals surface area (Å²) >= 11 is 0. The van der Waals surface area contributed by atoms with Gasteiger partial charge in [0.05, 0.1) is 5.69 Å². The zero-order chi connectivity index (χ0) is 13.5. The summed E-state index contributed by atoms with van der Waals surface area (Å²) in [6.45, 7) is 2.59. The SMILES string of the molecule is Cc1nc(N)ccc1-c1cn(C)c(C(C)(F)F)n1. The number of pyridine rings is 1. The van der Waals surface area contributed by atoms with Gasteiger partial charge >= 0.3 is 5.92 Å². The quantitative estimate of drug-likeness (QED) is 0.893. The van der Waals surface area contributed by atoms with Crippen molar-refractivity contribution in [2.75, 3.05) is 5.73 Å². The highest BCUT2D eigenvalue weighted by atomic mass is 19.3. The third kappa shape index (κ3) is 2.18. The Morgan fingerprint density at radius 3 is 2.44 bits per heavy atom. The maximum Gasteiger partial charge on any atom is 0.302 e. The Hall–Kier alpha value is -1.98. The first kappa shape index (κ1) is 12.5. The predicted molar refractivity (Wildman–Crippen MR) is 65.2 cm³/mol. The van der Waals surface area contributed by atoms with Crippen molar-refractivity contribution in [3.8, 4) is 11.3 Å². The summed E-state index contributed by atoms with van der Waals surface area (Å²) in [6.07, 6.45) is 1.56. The number of aromatic nitrogens is 3. The summed E-state index contributed by atoms with van der Waals surface area (Å²) in [4.78, 5) is 8.07. The smallest absolute Gasteiger partial charge is 0.302 e. The van der Waals surface area contributed by atoms with Crippen LogP contribution in [0.4, 0.5) is 14.6 Å². The molecule has 0 unspecified atom stereocenters. The number of anilines is 1. The molecular formula is C12H14F2N4. The van der Waals surface area contributed by atoms with E-state index in [1.165, 1.54) is 4.57 Å². The maximum absolute atomic E-state index is 13.3. The van der Waals surface area contributed by atoms with Gasteiger partial charge in [-0.1, -0.05) is 0 Å². The van der Waals surface area contributed by atoms with E-state index >= 15 is 0 Å². The van der Waals surface area contributed by atoms with Crippen LogP contribution in [-0.2, 0) is 13.0 Å². The van der Waals surface area contributed by atoms with Gasteiger partial charge in [0, 0.05) is 31.4 Å². The molecule has 2 aromatic heterocycles. The molecule has 18 heavy (non-hydrogen) atoms. The van der Waals surface area contributed by atoms with E-state index in [1.807, 2.05) is 0 Å². The van der Waals surface area contributed by atoms with E-state index in [0.29, 0.717) is 22.8 Å². The van der Waals surface area contributed by atoms with Gasteiger partial charge in [0.25, 0.3) is 0 Å². The molecule has 2 heterocycles. The number of nitrogens with zero attached hydrogens (tertiary/aromatic N) is 3. The zero-order valence-corrected chi connectivity index (χ0v) is 10.4. The fourth-order valence-electron chi connectivity index (χ4n) is 1.86. The number of hydrogen-bond donors (Lipinski definition) is 1. The Bertz CT molecular complexity index is 584. The minimum absolute atomic E-state index is 0.270. The fourth-order valence-corrected chi connectivity index (χ4v) is 1.86. The normalized spacial score (nSPS) is 11.8. The highest BCUT2D eigenvalue weighted by Gasteiger charge is 2.30. The van der Waals surface area contributed by atoms with E-state index in [9.17, 15) is 8.78 Å². The van der Waals surface area contributed by atoms with Crippen molar-refractivity contribution >= 4 is 5.82 Å². The van der Waals surface area contributed by atoms with Crippen LogP contribution in [0.15, 0.2) is 18.3 Å². The largest absolute Gasteiger partial charge is 0.384 e. The van der Waals surface area contributed by atoms with Gasteiger partial charge in [0.1, 0.15) is 5.82 Å². The number of nitrogens with two attached hydrogens (primary N) is 1. The van der Waals surface area contributed by atoms with Gasteiger partial charge in [-0.3, -0.25) is 0 Å². The zero-order valence-electron chi connectivity index (χ0n) is 10.4. The summed E-state index contributed by atoms with van der Waals surface area (Å²) in [5, 5.41) is 0. The number of rotatable bonds is 2. The van der Waals surface area contributed by atoms with Gasteiger partial charge in [-0.15, -0.1) is 0 Å². The number of nitrogen functional groups attached to an aromatic ring is 1. The van der Waals surface area contributed by atoms with E-state index in [-0.39, 0.29) is 5.82 Å². The van der Waals surface area contributed by atoms with Crippen LogP contribution in [0.3, 0.4) is 0 Å².